The first-order chi connectivity index (χ1) is 13.9. The van der Waals surface area contributed by atoms with Gasteiger partial charge in [0.1, 0.15) is 0 Å². The van der Waals surface area contributed by atoms with Gasteiger partial charge in [0, 0.05) is 0 Å². The molecule has 0 aliphatic heterocycles. The van der Waals surface area contributed by atoms with E-state index < -0.39 is 0 Å². The fraction of sp³-hybridized carbons (Fsp3) is 0.926. The molecule has 0 aromatic carbocycles. The molecule has 0 aromatic rings. The van der Waals surface area contributed by atoms with Crippen molar-refractivity contribution in [1.82, 2.24) is 0 Å². The van der Waals surface area contributed by atoms with Gasteiger partial charge in [0.25, 0.3) is 0 Å². The molecule has 0 unspecified atom stereocenters. The molecule has 0 bridgehead atoms. The average molecular weight is 392 g/mol. The summed E-state index contributed by atoms with van der Waals surface area (Å²) in [5.41, 5.74) is 0. The molecule has 0 saturated heterocycles. The molecular weight excluding hydrogens is 338 g/mol. The SMILES string of the molecule is CCCCCCCCCCCCCCCCCCCCCCCCCC=C=N. The van der Waals surface area contributed by atoms with Gasteiger partial charge in [-0.2, -0.15) is 0 Å². The highest BCUT2D eigenvalue weighted by atomic mass is 14.3. The summed E-state index contributed by atoms with van der Waals surface area (Å²) in [7, 11) is 0. The van der Waals surface area contributed by atoms with Crippen LogP contribution in [0.4, 0.5) is 0 Å². The summed E-state index contributed by atoms with van der Waals surface area (Å²) in [4.78, 5) is 0. The third-order valence-corrected chi connectivity index (χ3v) is 6.05. The summed E-state index contributed by atoms with van der Waals surface area (Å²) in [6, 6.07) is 0. The Bertz CT molecular complexity index is 316. The quantitative estimate of drug-likeness (QED) is 0.125. The molecule has 0 aliphatic carbocycles. The number of nitrogens with one attached hydrogen (secondary N) is 1. The van der Waals surface area contributed by atoms with Crippen LogP contribution >= 0.6 is 0 Å². The van der Waals surface area contributed by atoms with E-state index in [0.29, 0.717) is 0 Å². The number of rotatable bonds is 24. The molecule has 0 rings (SSSR count). The molecule has 1 heteroatoms. The first-order valence-electron chi connectivity index (χ1n) is 13.2. The lowest BCUT2D eigenvalue weighted by molar-refractivity contribution is 0.518. The molecule has 0 atom stereocenters. The first-order valence-corrected chi connectivity index (χ1v) is 13.2. The summed E-state index contributed by atoms with van der Waals surface area (Å²) in [5.74, 6) is 2.36. The van der Waals surface area contributed by atoms with E-state index in [-0.39, 0.29) is 0 Å². The van der Waals surface area contributed by atoms with Crippen molar-refractivity contribution in [3.63, 3.8) is 0 Å². The van der Waals surface area contributed by atoms with Crippen molar-refractivity contribution >= 4 is 5.87 Å². The van der Waals surface area contributed by atoms with Crippen LogP contribution < -0.4 is 0 Å². The summed E-state index contributed by atoms with van der Waals surface area (Å²) in [5, 5.41) is 6.83. The minimum absolute atomic E-state index is 1.04. The van der Waals surface area contributed by atoms with Crippen LogP contribution in [0.2, 0.25) is 0 Å². The summed E-state index contributed by atoms with van der Waals surface area (Å²) >= 11 is 0. The average Bonchev–Trinajstić information content (AvgIpc) is 2.71. The molecule has 28 heavy (non-hydrogen) atoms. The van der Waals surface area contributed by atoms with Crippen molar-refractivity contribution < 1.29 is 0 Å². The van der Waals surface area contributed by atoms with Crippen molar-refractivity contribution in [3.8, 4) is 0 Å². The van der Waals surface area contributed by atoms with Gasteiger partial charge in [-0.25, -0.2) is 0 Å². The standard InChI is InChI=1S/C27H53N/c1-2-3-4-5-6-7-8-9-10-11-12-13-14-15-16-17-18-19-20-21-22-23-24-25-26-27-28/h26,28H,2-25H2,1H3. The fourth-order valence-corrected chi connectivity index (χ4v) is 4.10. The van der Waals surface area contributed by atoms with E-state index in [0.717, 1.165) is 6.42 Å². The van der Waals surface area contributed by atoms with Crippen molar-refractivity contribution in [3.05, 3.63) is 6.08 Å². The summed E-state index contributed by atoms with van der Waals surface area (Å²) < 4.78 is 0. The zero-order valence-electron chi connectivity index (χ0n) is 19.5. The normalized spacial score (nSPS) is 10.9. The molecule has 0 amide bonds. The molecule has 1 nitrogen and oxygen atoms in total. The number of allylic oxidation sites excluding steroid dienone is 1. The Balaban J connectivity index is 2.98. The molecule has 0 radical (unpaired) electrons. The maximum Gasteiger partial charge on any atom is -0.0234 e. The second-order valence-electron chi connectivity index (χ2n) is 8.92. The van der Waals surface area contributed by atoms with Gasteiger partial charge in [0.15, 0.2) is 0 Å². The predicted octanol–water partition coefficient (Wildman–Crippen LogP) is 10.2. The zero-order chi connectivity index (χ0) is 20.4. The van der Waals surface area contributed by atoms with Crippen LogP contribution in [-0.4, -0.2) is 5.87 Å². The molecule has 0 aromatic heterocycles. The number of hydrogen-bond acceptors (Lipinski definition) is 1. The highest BCUT2D eigenvalue weighted by Gasteiger charge is 1.95. The molecule has 0 aliphatic rings. The Hall–Kier alpha value is -0.550. The maximum atomic E-state index is 6.83. The lowest BCUT2D eigenvalue weighted by Crippen LogP contribution is -1.84. The van der Waals surface area contributed by atoms with Gasteiger partial charge in [0.05, 0.1) is 0 Å². The molecule has 0 heterocycles. The Morgan fingerprint density at radius 1 is 0.429 bits per heavy atom. The predicted molar refractivity (Wildman–Crippen MR) is 129 cm³/mol. The van der Waals surface area contributed by atoms with Gasteiger partial charge >= 0.3 is 0 Å². The minimum Gasteiger partial charge on any atom is -0.259 e. The smallest absolute Gasteiger partial charge is 0.0234 e. The van der Waals surface area contributed by atoms with Crippen LogP contribution in [0.5, 0.6) is 0 Å². The number of hydrogen-bond donors (Lipinski definition) is 1. The van der Waals surface area contributed by atoms with E-state index in [1.165, 1.54) is 148 Å². The Morgan fingerprint density at radius 3 is 0.929 bits per heavy atom. The minimum atomic E-state index is 1.04. The van der Waals surface area contributed by atoms with Crippen LogP contribution in [0.25, 0.3) is 0 Å². The maximum absolute atomic E-state index is 6.83. The Kier molecular flexibility index (Phi) is 25.9. The second kappa shape index (κ2) is 26.4. The molecule has 0 saturated carbocycles. The Labute approximate surface area is 178 Å². The van der Waals surface area contributed by atoms with Crippen LogP contribution in [0.1, 0.15) is 161 Å². The van der Waals surface area contributed by atoms with Crippen molar-refractivity contribution in [2.45, 2.75) is 161 Å². The van der Waals surface area contributed by atoms with Crippen molar-refractivity contribution in [2.24, 2.45) is 0 Å². The van der Waals surface area contributed by atoms with E-state index >= 15 is 0 Å². The largest absolute Gasteiger partial charge is 0.259 e. The van der Waals surface area contributed by atoms with Crippen LogP contribution in [0, 0.1) is 5.41 Å². The van der Waals surface area contributed by atoms with E-state index in [2.05, 4.69) is 12.8 Å². The van der Waals surface area contributed by atoms with E-state index in [9.17, 15) is 0 Å². The van der Waals surface area contributed by atoms with Crippen LogP contribution in [0.3, 0.4) is 0 Å². The molecule has 0 spiro atoms. The fourth-order valence-electron chi connectivity index (χ4n) is 4.10. The molecular formula is C27H53N. The third kappa shape index (κ3) is 25.4. The van der Waals surface area contributed by atoms with Gasteiger partial charge < -0.3 is 0 Å². The topological polar surface area (TPSA) is 23.9 Å². The number of unbranched alkanes of at least 4 members (excludes halogenated alkanes) is 23. The lowest BCUT2D eigenvalue weighted by atomic mass is 10.0. The third-order valence-electron chi connectivity index (χ3n) is 6.05. The van der Waals surface area contributed by atoms with Gasteiger partial charge in [-0.05, 0) is 24.8 Å². The highest BCUT2D eigenvalue weighted by molar-refractivity contribution is 5.46. The van der Waals surface area contributed by atoms with E-state index in [1.807, 2.05) is 6.08 Å². The van der Waals surface area contributed by atoms with Crippen LogP contribution in [-0.2, 0) is 0 Å². The second-order valence-corrected chi connectivity index (χ2v) is 8.92. The van der Waals surface area contributed by atoms with E-state index in [1.54, 1.807) is 0 Å². The first kappa shape index (κ1) is 27.5. The van der Waals surface area contributed by atoms with Gasteiger partial charge in [-0.15, -0.1) is 0 Å². The molecule has 0 fully saturated rings. The molecule has 166 valence electrons. The van der Waals surface area contributed by atoms with Crippen molar-refractivity contribution in [2.75, 3.05) is 0 Å². The summed E-state index contributed by atoms with van der Waals surface area (Å²) in [6.07, 6.45) is 36.0. The Morgan fingerprint density at radius 2 is 0.679 bits per heavy atom. The zero-order valence-corrected chi connectivity index (χ0v) is 19.5. The van der Waals surface area contributed by atoms with Gasteiger partial charge in [-0.3, -0.25) is 5.41 Å². The van der Waals surface area contributed by atoms with Crippen LogP contribution in [0.15, 0.2) is 6.08 Å². The lowest BCUT2D eigenvalue weighted by Gasteiger charge is -2.04. The highest BCUT2D eigenvalue weighted by Crippen LogP contribution is 2.15. The molecule has 1 N–H and O–H groups in total. The van der Waals surface area contributed by atoms with E-state index in [4.69, 9.17) is 5.41 Å². The van der Waals surface area contributed by atoms with Crippen molar-refractivity contribution in [1.29, 1.82) is 5.41 Å². The monoisotopic (exact) mass is 391 g/mol. The van der Waals surface area contributed by atoms with Gasteiger partial charge in [-0.1, -0.05) is 148 Å². The summed E-state index contributed by atoms with van der Waals surface area (Å²) in [6.45, 7) is 2.30. The van der Waals surface area contributed by atoms with Gasteiger partial charge in [0.2, 0.25) is 0 Å².